The summed E-state index contributed by atoms with van der Waals surface area (Å²) < 4.78 is 10.7. The molecule has 3 rings (SSSR count). The molecule has 0 saturated carbocycles. The van der Waals surface area contributed by atoms with Crippen molar-refractivity contribution in [1.82, 2.24) is 15.4 Å². The van der Waals surface area contributed by atoms with Gasteiger partial charge in [0.2, 0.25) is 0 Å². The van der Waals surface area contributed by atoms with Crippen molar-refractivity contribution in [2.75, 3.05) is 30.2 Å². The standard InChI is InChI=1S/C19H19ClN6O3/c1-28-15-8-7-12(20)9-14(15)24-18-17(21)19(23-11-22-18)26-25-16(27)10-29-13-5-3-2-4-6-13/h2-9,11H,10,21H2,1H3,(H,25,27)(H2,22,23,24,26). The van der Waals surface area contributed by atoms with Gasteiger partial charge in [-0.15, -0.1) is 0 Å². The van der Waals surface area contributed by atoms with Crippen LogP contribution in [-0.4, -0.2) is 29.6 Å². The summed E-state index contributed by atoms with van der Waals surface area (Å²) in [6, 6.07) is 14.1. The normalized spacial score (nSPS) is 10.1. The van der Waals surface area contributed by atoms with Crippen LogP contribution >= 0.6 is 11.6 Å². The molecule has 1 heterocycles. The van der Waals surface area contributed by atoms with E-state index in [0.717, 1.165) is 0 Å². The van der Waals surface area contributed by atoms with Crippen LogP contribution in [0.4, 0.5) is 23.0 Å². The summed E-state index contributed by atoms with van der Waals surface area (Å²) in [5.41, 5.74) is 12.0. The Balaban J connectivity index is 1.63. The molecule has 0 aliphatic carbocycles. The molecule has 0 atom stereocenters. The number of ether oxygens (including phenoxy) is 2. The molecule has 0 spiro atoms. The van der Waals surface area contributed by atoms with E-state index in [1.165, 1.54) is 13.4 Å². The maximum Gasteiger partial charge on any atom is 0.276 e. The number of nitrogens with one attached hydrogen (secondary N) is 3. The van der Waals surface area contributed by atoms with E-state index >= 15 is 0 Å². The number of nitrogens with zero attached hydrogens (tertiary/aromatic N) is 2. The predicted molar refractivity (Wildman–Crippen MR) is 111 cm³/mol. The third-order valence-electron chi connectivity index (χ3n) is 3.73. The lowest BCUT2D eigenvalue weighted by molar-refractivity contribution is -0.122. The minimum Gasteiger partial charge on any atom is -0.495 e. The topological polar surface area (TPSA) is 123 Å². The monoisotopic (exact) mass is 414 g/mol. The van der Waals surface area contributed by atoms with Crippen molar-refractivity contribution in [3.8, 4) is 11.5 Å². The van der Waals surface area contributed by atoms with Gasteiger partial charge in [0, 0.05) is 5.02 Å². The number of halogens is 1. The quantitative estimate of drug-likeness (QED) is 0.415. The number of amides is 1. The number of hydrogen-bond donors (Lipinski definition) is 4. The van der Waals surface area contributed by atoms with E-state index in [-0.39, 0.29) is 18.1 Å². The van der Waals surface area contributed by atoms with Gasteiger partial charge in [-0.2, -0.15) is 0 Å². The fourth-order valence-electron chi connectivity index (χ4n) is 2.33. The number of hydrogen-bond acceptors (Lipinski definition) is 8. The van der Waals surface area contributed by atoms with Gasteiger partial charge in [0.05, 0.1) is 12.8 Å². The summed E-state index contributed by atoms with van der Waals surface area (Å²) in [4.78, 5) is 20.1. The number of nitrogen functional groups attached to an aromatic ring is 1. The summed E-state index contributed by atoms with van der Waals surface area (Å²) in [5, 5.41) is 3.56. The molecule has 0 aliphatic rings. The molecule has 0 radical (unpaired) electrons. The first-order valence-corrected chi connectivity index (χ1v) is 8.88. The largest absolute Gasteiger partial charge is 0.495 e. The second-order valence-electron chi connectivity index (χ2n) is 5.73. The van der Waals surface area contributed by atoms with Crippen molar-refractivity contribution in [1.29, 1.82) is 0 Å². The number of aromatic nitrogens is 2. The van der Waals surface area contributed by atoms with E-state index < -0.39 is 5.91 Å². The fraction of sp³-hybridized carbons (Fsp3) is 0.105. The average Bonchev–Trinajstić information content (AvgIpc) is 2.74. The number of anilines is 4. The third kappa shape index (κ3) is 5.39. The fourth-order valence-corrected chi connectivity index (χ4v) is 2.50. The zero-order valence-electron chi connectivity index (χ0n) is 15.5. The molecule has 3 aromatic rings. The molecule has 10 heteroatoms. The third-order valence-corrected chi connectivity index (χ3v) is 3.97. The molecule has 9 nitrogen and oxygen atoms in total. The highest BCUT2D eigenvalue weighted by Gasteiger charge is 2.12. The van der Waals surface area contributed by atoms with E-state index in [0.29, 0.717) is 28.0 Å². The Kier molecular flexibility index (Phi) is 6.54. The molecule has 150 valence electrons. The zero-order chi connectivity index (χ0) is 20.6. The van der Waals surface area contributed by atoms with Crippen molar-refractivity contribution >= 4 is 40.5 Å². The maximum absolute atomic E-state index is 12.0. The van der Waals surface area contributed by atoms with Crippen molar-refractivity contribution in [3.05, 3.63) is 59.9 Å². The molecule has 0 aliphatic heterocycles. The number of methoxy groups -OCH3 is 1. The van der Waals surface area contributed by atoms with Crippen LogP contribution in [0.1, 0.15) is 0 Å². The number of hydrazine groups is 1. The highest BCUT2D eigenvalue weighted by Crippen LogP contribution is 2.32. The van der Waals surface area contributed by atoms with Crippen LogP contribution < -0.4 is 31.4 Å². The van der Waals surface area contributed by atoms with Gasteiger partial charge >= 0.3 is 0 Å². The SMILES string of the molecule is COc1ccc(Cl)cc1Nc1ncnc(NNC(=O)COc2ccccc2)c1N. The van der Waals surface area contributed by atoms with Crippen LogP contribution in [0.5, 0.6) is 11.5 Å². The van der Waals surface area contributed by atoms with Crippen molar-refractivity contribution in [2.45, 2.75) is 0 Å². The maximum atomic E-state index is 12.0. The molecule has 1 aromatic heterocycles. The van der Waals surface area contributed by atoms with Crippen LogP contribution in [0.15, 0.2) is 54.9 Å². The lowest BCUT2D eigenvalue weighted by Gasteiger charge is -2.15. The highest BCUT2D eigenvalue weighted by atomic mass is 35.5. The first kappa shape index (κ1) is 20.0. The summed E-state index contributed by atoms with van der Waals surface area (Å²) in [6.45, 7) is -0.174. The van der Waals surface area contributed by atoms with E-state index in [1.54, 1.807) is 30.3 Å². The predicted octanol–water partition coefficient (Wildman–Crippen LogP) is 2.99. The van der Waals surface area contributed by atoms with Crippen LogP contribution in [0.25, 0.3) is 0 Å². The summed E-state index contributed by atoms with van der Waals surface area (Å²) in [7, 11) is 1.54. The lowest BCUT2D eigenvalue weighted by atomic mass is 10.3. The zero-order valence-corrected chi connectivity index (χ0v) is 16.2. The van der Waals surface area contributed by atoms with Gasteiger partial charge in [-0.25, -0.2) is 9.97 Å². The van der Waals surface area contributed by atoms with Crippen LogP contribution in [-0.2, 0) is 4.79 Å². The molecular weight excluding hydrogens is 396 g/mol. The van der Waals surface area contributed by atoms with Crippen LogP contribution in [0.3, 0.4) is 0 Å². The molecule has 5 N–H and O–H groups in total. The first-order valence-electron chi connectivity index (χ1n) is 8.50. The molecule has 1 amide bonds. The van der Waals surface area contributed by atoms with Gasteiger partial charge in [0.25, 0.3) is 5.91 Å². The van der Waals surface area contributed by atoms with E-state index in [2.05, 4.69) is 26.1 Å². The van der Waals surface area contributed by atoms with Crippen LogP contribution in [0.2, 0.25) is 5.02 Å². The highest BCUT2D eigenvalue weighted by molar-refractivity contribution is 6.31. The molecule has 29 heavy (non-hydrogen) atoms. The Labute approximate surface area is 172 Å². The van der Waals surface area contributed by atoms with Crippen LogP contribution in [0, 0.1) is 0 Å². The first-order chi connectivity index (χ1) is 14.1. The van der Waals surface area contributed by atoms with Crippen molar-refractivity contribution in [3.63, 3.8) is 0 Å². The number of rotatable bonds is 8. The Morgan fingerprint density at radius 1 is 1.14 bits per heavy atom. The minimum absolute atomic E-state index is 0.174. The van der Waals surface area contributed by atoms with Crippen molar-refractivity contribution in [2.24, 2.45) is 0 Å². The second kappa shape index (κ2) is 9.47. The molecule has 0 saturated heterocycles. The van der Waals surface area contributed by atoms with E-state index in [1.807, 2.05) is 18.2 Å². The van der Waals surface area contributed by atoms with Gasteiger partial charge in [-0.05, 0) is 30.3 Å². The number of para-hydroxylation sites is 1. The van der Waals surface area contributed by atoms with Gasteiger partial charge < -0.3 is 20.5 Å². The van der Waals surface area contributed by atoms with Gasteiger partial charge in [0.1, 0.15) is 23.5 Å². The number of carbonyl (C=O) groups excluding carboxylic acids is 1. The molecule has 0 unspecified atom stereocenters. The Hall–Kier alpha value is -3.72. The number of benzene rings is 2. The van der Waals surface area contributed by atoms with Gasteiger partial charge in [-0.1, -0.05) is 29.8 Å². The number of carbonyl (C=O) groups is 1. The summed E-state index contributed by atoms with van der Waals surface area (Å²) in [6.07, 6.45) is 1.30. The number of nitrogens with two attached hydrogens (primary N) is 1. The Morgan fingerprint density at radius 2 is 1.90 bits per heavy atom. The van der Waals surface area contributed by atoms with Gasteiger partial charge in [0.15, 0.2) is 18.2 Å². The Morgan fingerprint density at radius 3 is 2.66 bits per heavy atom. The van der Waals surface area contributed by atoms with Crippen molar-refractivity contribution < 1.29 is 14.3 Å². The molecular formula is C19H19ClN6O3. The van der Waals surface area contributed by atoms with E-state index in [9.17, 15) is 4.79 Å². The smallest absolute Gasteiger partial charge is 0.276 e. The summed E-state index contributed by atoms with van der Waals surface area (Å²) in [5.74, 6) is 1.28. The minimum atomic E-state index is -0.405. The average molecular weight is 415 g/mol. The molecule has 2 aromatic carbocycles. The second-order valence-corrected chi connectivity index (χ2v) is 6.17. The lowest BCUT2D eigenvalue weighted by Crippen LogP contribution is -2.34. The molecule has 0 fully saturated rings. The Bertz CT molecular complexity index is 987. The summed E-state index contributed by atoms with van der Waals surface area (Å²) >= 11 is 6.04. The molecule has 0 bridgehead atoms. The van der Waals surface area contributed by atoms with E-state index in [4.69, 9.17) is 26.8 Å². The van der Waals surface area contributed by atoms with Gasteiger partial charge in [-0.3, -0.25) is 15.6 Å².